The van der Waals surface area contributed by atoms with E-state index in [1.165, 1.54) is 19.3 Å². The van der Waals surface area contributed by atoms with Gasteiger partial charge in [-0.15, -0.1) is 0 Å². The summed E-state index contributed by atoms with van der Waals surface area (Å²) in [4.78, 5) is 0. The summed E-state index contributed by atoms with van der Waals surface area (Å²) in [7, 11) is -3.06. The Bertz CT molecular complexity index is 344. The van der Waals surface area contributed by atoms with Crippen molar-refractivity contribution in [2.45, 2.75) is 57.4 Å². The summed E-state index contributed by atoms with van der Waals surface area (Å²) >= 11 is 0. The van der Waals surface area contributed by atoms with Gasteiger partial charge in [0.05, 0.1) is 5.75 Å². The maximum absolute atomic E-state index is 12.0. The van der Waals surface area contributed by atoms with Crippen molar-refractivity contribution in [1.29, 1.82) is 0 Å². The third kappa shape index (κ3) is 4.21. The summed E-state index contributed by atoms with van der Waals surface area (Å²) < 4.78 is 26.8. The average molecular weight is 274 g/mol. The Morgan fingerprint density at radius 3 is 2.17 bits per heavy atom. The zero-order valence-electron chi connectivity index (χ0n) is 11.1. The van der Waals surface area contributed by atoms with Crippen molar-refractivity contribution in [2.24, 2.45) is 17.6 Å². The van der Waals surface area contributed by atoms with Gasteiger partial charge in [0, 0.05) is 6.04 Å². The summed E-state index contributed by atoms with van der Waals surface area (Å²) in [5, 5.41) is 0. The second-order valence-electron chi connectivity index (χ2n) is 5.98. The predicted octanol–water partition coefficient (Wildman–Crippen LogP) is 1.61. The van der Waals surface area contributed by atoms with Crippen LogP contribution < -0.4 is 10.5 Å². The Morgan fingerprint density at radius 2 is 1.67 bits per heavy atom. The lowest BCUT2D eigenvalue weighted by atomic mass is 9.84. The molecule has 0 saturated heterocycles. The molecule has 0 aromatic heterocycles. The van der Waals surface area contributed by atoms with Crippen molar-refractivity contribution in [1.82, 2.24) is 4.72 Å². The predicted molar refractivity (Wildman–Crippen MR) is 73.7 cm³/mol. The first-order chi connectivity index (χ1) is 8.59. The molecule has 0 aromatic carbocycles. The van der Waals surface area contributed by atoms with Gasteiger partial charge in [-0.2, -0.15) is 0 Å². The summed E-state index contributed by atoms with van der Waals surface area (Å²) in [6.07, 6.45) is 8.58. The fourth-order valence-corrected chi connectivity index (χ4v) is 4.44. The van der Waals surface area contributed by atoms with Crippen molar-refractivity contribution >= 4 is 10.0 Å². The summed E-state index contributed by atoms with van der Waals surface area (Å²) in [5.74, 6) is 1.57. The fraction of sp³-hybridized carbons (Fsp3) is 1.00. The third-order valence-corrected chi connectivity index (χ3v) is 6.01. The van der Waals surface area contributed by atoms with Crippen LogP contribution in [0.15, 0.2) is 0 Å². The topological polar surface area (TPSA) is 72.2 Å². The van der Waals surface area contributed by atoms with Crippen molar-refractivity contribution < 1.29 is 8.42 Å². The van der Waals surface area contributed by atoms with E-state index in [0.717, 1.165) is 38.6 Å². The molecular weight excluding hydrogens is 248 g/mol. The van der Waals surface area contributed by atoms with Crippen molar-refractivity contribution in [3.05, 3.63) is 0 Å². The summed E-state index contributed by atoms with van der Waals surface area (Å²) in [6, 6.07) is 0.152. The van der Waals surface area contributed by atoms with Gasteiger partial charge in [-0.25, -0.2) is 13.1 Å². The molecule has 2 rings (SSSR count). The quantitative estimate of drug-likeness (QED) is 0.773. The third-order valence-electron chi connectivity index (χ3n) is 4.55. The van der Waals surface area contributed by atoms with E-state index in [2.05, 4.69) is 4.72 Å². The Balaban J connectivity index is 1.70. The summed E-state index contributed by atoms with van der Waals surface area (Å²) in [5.41, 5.74) is 5.64. The van der Waals surface area contributed by atoms with Gasteiger partial charge in [-0.1, -0.05) is 19.3 Å². The number of hydrogen-bond acceptors (Lipinski definition) is 3. The molecule has 4 nitrogen and oxygen atoms in total. The molecule has 0 atom stereocenters. The zero-order valence-corrected chi connectivity index (χ0v) is 11.9. The molecule has 0 heterocycles. The van der Waals surface area contributed by atoms with Crippen LogP contribution in [-0.2, 0) is 10.0 Å². The van der Waals surface area contributed by atoms with Gasteiger partial charge in [-0.05, 0) is 50.5 Å². The molecule has 2 fully saturated rings. The van der Waals surface area contributed by atoms with Crippen LogP contribution in [0.2, 0.25) is 0 Å². The van der Waals surface area contributed by atoms with Crippen LogP contribution in [0, 0.1) is 11.8 Å². The minimum Gasteiger partial charge on any atom is -0.330 e. The van der Waals surface area contributed by atoms with E-state index in [1.807, 2.05) is 0 Å². The number of rotatable bonds is 6. The van der Waals surface area contributed by atoms with Crippen LogP contribution in [-0.4, -0.2) is 26.8 Å². The SMILES string of the molecule is NCC1CCC(NS(=O)(=O)CCC2CCC2)CC1. The van der Waals surface area contributed by atoms with Gasteiger partial charge in [0.15, 0.2) is 0 Å². The molecule has 2 saturated carbocycles. The fourth-order valence-electron chi connectivity index (χ4n) is 2.93. The molecule has 106 valence electrons. The lowest BCUT2D eigenvalue weighted by Gasteiger charge is -2.29. The number of sulfonamides is 1. The van der Waals surface area contributed by atoms with Gasteiger partial charge in [0.25, 0.3) is 0 Å². The molecule has 5 heteroatoms. The van der Waals surface area contributed by atoms with Crippen molar-refractivity contribution in [3.63, 3.8) is 0 Å². The largest absolute Gasteiger partial charge is 0.330 e. The normalized spacial score (nSPS) is 30.1. The average Bonchev–Trinajstić information content (AvgIpc) is 2.27. The minimum atomic E-state index is -3.06. The molecule has 3 N–H and O–H groups in total. The van der Waals surface area contributed by atoms with Crippen LogP contribution in [0.3, 0.4) is 0 Å². The van der Waals surface area contributed by atoms with Crippen molar-refractivity contribution in [2.75, 3.05) is 12.3 Å². The van der Waals surface area contributed by atoms with E-state index in [9.17, 15) is 8.42 Å². The lowest BCUT2D eigenvalue weighted by Crippen LogP contribution is -2.40. The molecule has 0 amide bonds. The van der Waals surface area contributed by atoms with E-state index in [1.54, 1.807) is 0 Å². The first-order valence-electron chi connectivity index (χ1n) is 7.29. The summed E-state index contributed by atoms with van der Waals surface area (Å²) in [6.45, 7) is 0.737. The van der Waals surface area contributed by atoms with Gasteiger partial charge in [0.2, 0.25) is 10.0 Å². The first kappa shape index (κ1) is 14.3. The standard InChI is InChI=1S/C13H26N2O2S/c14-10-12-4-6-13(7-5-12)15-18(16,17)9-8-11-2-1-3-11/h11-13,15H,1-10,14H2. The van der Waals surface area contributed by atoms with Gasteiger partial charge >= 0.3 is 0 Å². The van der Waals surface area contributed by atoms with Crippen LogP contribution in [0.5, 0.6) is 0 Å². The number of nitrogens with two attached hydrogens (primary N) is 1. The second-order valence-corrected chi connectivity index (χ2v) is 7.85. The van der Waals surface area contributed by atoms with Crippen LogP contribution in [0.4, 0.5) is 0 Å². The molecule has 0 aliphatic heterocycles. The molecule has 0 spiro atoms. The zero-order chi connectivity index (χ0) is 13.0. The van der Waals surface area contributed by atoms with E-state index in [0.29, 0.717) is 17.6 Å². The van der Waals surface area contributed by atoms with E-state index in [4.69, 9.17) is 5.73 Å². The van der Waals surface area contributed by atoms with E-state index in [-0.39, 0.29) is 6.04 Å². The monoisotopic (exact) mass is 274 g/mol. The number of hydrogen-bond donors (Lipinski definition) is 2. The Kier molecular flexibility index (Phi) is 5.04. The van der Waals surface area contributed by atoms with Crippen LogP contribution in [0.1, 0.15) is 51.4 Å². The first-order valence-corrected chi connectivity index (χ1v) is 8.94. The molecule has 0 radical (unpaired) electrons. The highest BCUT2D eigenvalue weighted by Gasteiger charge is 2.25. The second kappa shape index (κ2) is 6.35. The maximum atomic E-state index is 12.0. The molecule has 0 bridgehead atoms. The van der Waals surface area contributed by atoms with Gasteiger partial charge in [0.1, 0.15) is 0 Å². The highest BCUT2D eigenvalue weighted by atomic mass is 32.2. The maximum Gasteiger partial charge on any atom is 0.211 e. The molecule has 2 aliphatic carbocycles. The van der Waals surface area contributed by atoms with Gasteiger partial charge in [-0.3, -0.25) is 0 Å². The molecule has 0 unspecified atom stereocenters. The van der Waals surface area contributed by atoms with E-state index >= 15 is 0 Å². The highest BCUT2D eigenvalue weighted by molar-refractivity contribution is 7.89. The molecule has 2 aliphatic rings. The molecule has 0 aromatic rings. The Morgan fingerprint density at radius 1 is 1.00 bits per heavy atom. The highest BCUT2D eigenvalue weighted by Crippen LogP contribution is 2.30. The smallest absolute Gasteiger partial charge is 0.211 e. The molecule has 18 heavy (non-hydrogen) atoms. The van der Waals surface area contributed by atoms with Crippen LogP contribution >= 0.6 is 0 Å². The minimum absolute atomic E-state index is 0.152. The Hall–Kier alpha value is -0.130. The van der Waals surface area contributed by atoms with Crippen LogP contribution in [0.25, 0.3) is 0 Å². The number of nitrogens with one attached hydrogen (secondary N) is 1. The van der Waals surface area contributed by atoms with Crippen molar-refractivity contribution in [3.8, 4) is 0 Å². The van der Waals surface area contributed by atoms with Gasteiger partial charge < -0.3 is 5.73 Å². The molecular formula is C13H26N2O2S. The Labute approximate surface area is 111 Å². The van der Waals surface area contributed by atoms with E-state index < -0.39 is 10.0 Å². The lowest BCUT2D eigenvalue weighted by molar-refractivity contribution is 0.304.